The van der Waals surface area contributed by atoms with Gasteiger partial charge in [-0.3, -0.25) is 9.78 Å². The molecule has 0 saturated carbocycles. The number of pyridine rings is 1. The van der Waals surface area contributed by atoms with Crippen molar-refractivity contribution in [1.82, 2.24) is 9.88 Å². The summed E-state index contributed by atoms with van der Waals surface area (Å²) in [5.41, 5.74) is 1.92. The summed E-state index contributed by atoms with van der Waals surface area (Å²) in [4.78, 5) is 18.8. The van der Waals surface area contributed by atoms with Crippen molar-refractivity contribution < 1.29 is 18.0 Å². The van der Waals surface area contributed by atoms with Crippen molar-refractivity contribution in [2.24, 2.45) is 0 Å². The van der Waals surface area contributed by atoms with Crippen LogP contribution in [-0.4, -0.2) is 22.8 Å². The van der Waals surface area contributed by atoms with Gasteiger partial charge in [-0.2, -0.15) is 13.2 Å². The second-order valence-electron chi connectivity index (χ2n) is 6.18. The number of hydrogen-bond acceptors (Lipinski definition) is 2. The van der Waals surface area contributed by atoms with E-state index in [9.17, 15) is 18.0 Å². The maximum absolute atomic E-state index is 12.9. The molecule has 3 rings (SSSR count). The lowest BCUT2D eigenvalue weighted by atomic mass is 10.1. The Labute approximate surface area is 149 Å². The van der Waals surface area contributed by atoms with Crippen molar-refractivity contribution in [3.05, 3.63) is 77.0 Å². The molecule has 0 unspecified atom stereocenters. The minimum Gasteiger partial charge on any atom is -0.337 e. The number of fused-ring (bicyclic) bond motifs is 1. The average molecular weight is 358 g/mol. The lowest BCUT2D eigenvalue weighted by Crippen LogP contribution is -2.26. The standard InChI is InChI=1S/C20H17F3N2O/c1-13-11-17(16-5-3-4-6-18(16)24-13)19(26)25(2)12-14-7-9-15(10-8-14)20(21,22)23/h3-11H,12H2,1-2H3. The van der Waals surface area contributed by atoms with E-state index in [0.717, 1.165) is 28.7 Å². The maximum atomic E-state index is 12.9. The molecule has 3 aromatic rings. The highest BCUT2D eigenvalue weighted by atomic mass is 19.4. The number of para-hydroxylation sites is 1. The van der Waals surface area contributed by atoms with Crippen LogP contribution in [0.3, 0.4) is 0 Å². The Kier molecular flexibility index (Phi) is 4.68. The van der Waals surface area contributed by atoms with Crippen molar-refractivity contribution in [2.45, 2.75) is 19.6 Å². The minimum absolute atomic E-state index is 0.202. The number of aromatic nitrogens is 1. The summed E-state index contributed by atoms with van der Waals surface area (Å²) in [7, 11) is 1.63. The third-order valence-corrected chi connectivity index (χ3v) is 4.12. The van der Waals surface area contributed by atoms with Gasteiger partial charge in [-0.25, -0.2) is 0 Å². The van der Waals surface area contributed by atoms with Crippen LogP contribution in [0.25, 0.3) is 10.9 Å². The molecule has 0 N–H and O–H groups in total. The summed E-state index contributed by atoms with van der Waals surface area (Å²) >= 11 is 0. The third kappa shape index (κ3) is 3.69. The molecule has 26 heavy (non-hydrogen) atoms. The van der Waals surface area contributed by atoms with Crippen LogP contribution in [0.1, 0.15) is 27.2 Å². The first-order chi connectivity index (χ1) is 12.3. The van der Waals surface area contributed by atoms with Gasteiger partial charge in [0.1, 0.15) is 0 Å². The predicted molar refractivity (Wildman–Crippen MR) is 93.7 cm³/mol. The van der Waals surface area contributed by atoms with Crippen LogP contribution in [-0.2, 0) is 12.7 Å². The molecule has 0 saturated heterocycles. The van der Waals surface area contributed by atoms with Crippen molar-refractivity contribution in [3.63, 3.8) is 0 Å². The molecular formula is C20H17F3N2O. The molecule has 0 radical (unpaired) electrons. The summed E-state index contributed by atoms with van der Waals surface area (Å²) in [5, 5.41) is 0.752. The van der Waals surface area contributed by atoms with Crippen molar-refractivity contribution >= 4 is 16.8 Å². The molecule has 1 aromatic heterocycles. The van der Waals surface area contributed by atoms with E-state index >= 15 is 0 Å². The third-order valence-electron chi connectivity index (χ3n) is 4.12. The predicted octanol–water partition coefficient (Wildman–Crippen LogP) is 4.83. The lowest BCUT2D eigenvalue weighted by Gasteiger charge is -2.19. The van der Waals surface area contributed by atoms with Gasteiger partial charge in [0.2, 0.25) is 0 Å². The molecule has 0 aliphatic heterocycles. The molecule has 0 atom stereocenters. The van der Waals surface area contributed by atoms with Crippen LogP contribution in [0.5, 0.6) is 0 Å². The number of rotatable bonds is 3. The highest BCUT2D eigenvalue weighted by molar-refractivity contribution is 6.06. The summed E-state index contributed by atoms with van der Waals surface area (Å²) in [6.45, 7) is 2.03. The second kappa shape index (κ2) is 6.78. The largest absolute Gasteiger partial charge is 0.416 e. The fourth-order valence-corrected chi connectivity index (χ4v) is 2.84. The second-order valence-corrected chi connectivity index (χ2v) is 6.18. The van der Waals surface area contributed by atoms with Crippen LogP contribution >= 0.6 is 0 Å². The summed E-state index contributed by atoms with van der Waals surface area (Å²) in [5.74, 6) is -0.202. The zero-order valence-corrected chi connectivity index (χ0v) is 14.3. The Morgan fingerprint density at radius 1 is 1.08 bits per heavy atom. The first kappa shape index (κ1) is 17.9. The van der Waals surface area contributed by atoms with E-state index in [4.69, 9.17) is 0 Å². The monoisotopic (exact) mass is 358 g/mol. The summed E-state index contributed by atoms with van der Waals surface area (Å²) in [6.07, 6.45) is -4.37. The molecule has 0 spiro atoms. The fraction of sp³-hybridized carbons (Fsp3) is 0.200. The van der Waals surface area contributed by atoms with Gasteiger partial charge < -0.3 is 4.90 Å². The summed E-state index contributed by atoms with van der Waals surface area (Å²) < 4.78 is 37.9. The van der Waals surface area contributed by atoms with Crippen LogP contribution in [0.2, 0.25) is 0 Å². The molecular weight excluding hydrogens is 341 g/mol. The molecule has 0 aliphatic rings. The SMILES string of the molecule is Cc1cc(C(=O)N(C)Cc2ccc(C(F)(F)F)cc2)c2ccccc2n1. The fourth-order valence-electron chi connectivity index (χ4n) is 2.84. The Morgan fingerprint density at radius 3 is 2.38 bits per heavy atom. The quantitative estimate of drug-likeness (QED) is 0.672. The molecule has 3 nitrogen and oxygen atoms in total. The number of alkyl halides is 3. The number of benzene rings is 2. The Bertz CT molecular complexity index is 949. The zero-order valence-electron chi connectivity index (χ0n) is 14.3. The maximum Gasteiger partial charge on any atom is 0.416 e. The van der Waals surface area contributed by atoms with E-state index in [1.165, 1.54) is 17.0 Å². The van der Waals surface area contributed by atoms with E-state index in [1.54, 1.807) is 13.1 Å². The highest BCUT2D eigenvalue weighted by Crippen LogP contribution is 2.29. The topological polar surface area (TPSA) is 33.2 Å². The average Bonchev–Trinajstić information content (AvgIpc) is 2.60. The first-order valence-corrected chi connectivity index (χ1v) is 8.03. The van der Waals surface area contributed by atoms with Gasteiger partial charge in [-0.05, 0) is 36.8 Å². The van der Waals surface area contributed by atoms with Gasteiger partial charge in [0.25, 0.3) is 5.91 Å². The smallest absolute Gasteiger partial charge is 0.337 e. The molecule has 2 aromatic carbocycles. The van der Waals surface area contributed by atoms with Crippen LogP contribution in [0, 0.1) is 6.92 Å². The van der Waals surface area contributed by atoms with Gasteiger partial charge in [-0.15, -0.1) is 0 Å². The van der Waals surface area contributed by atoms with Gasteiger partial charge in [0.05, 0.1) is 16.6 Å². The Morgan fingerprint density at radius 2 is 1.73 bits per heavy atom. The van der Waals surface area contributed by atoms with E-state index in [2.05, 4.69) is 4.98 Å². The number of aryl methyl sites for hydroxylation is 1. The van der Waals surface area contributed by atoms with E-state index in [-0.39, 0.29) is 12.5 Å². The number of nitrogens with zero attached hydrogens (tertiary/aromatic N) is 2. The number of carbonyl (C=O) groups is 1. The molecule has 0 bridgehead atoms. The molecule has 134 valence electrons. The molecule has 0 fully saturated rings. The number of amides is 1. The lowest BCUT2D eigenvalue weighted by molar-refractivity contribution is -0.137. The van der Waals surface area contributed by atoms with Crippen LogP contribution in [0.4, 0.5) is 13.2 Å². The Balaban J connectivity index is 1.85. The first-order valence-electron chi connectivity index (χ1n) is 8.03. The van der Waals surface area contributed by atoms with E-state index in [0.29, 0.717) is 11.1 Å². The number of carbonyl (C=O) groups excluding carboxylic acids is 1. The van der Waals surface area contributed by atoms with Crippen molar-refractivity contribution in [3.8, 4) is 0 Å². The zero-order chi connectivity index (χ0) is 18.9. The molecule has 6 heteroatoms. The molecule has 1 heterocycles. The van der Waals surface area contributed by atoms with E-state index < -0.39 is 11.7 Å². The Hall–Kier alpha value is -2.89. The summed E-state index contributed by atoms with van der Waals surface area (Å²) in [6, 6.07) is 13.9. The van der Waals surface area contributed by atoms with Crippen LogP contribution in [0.15, 0.2) is 54.6 Å². The van der Waals surface area contributed by atoms with Crippen LogP contribution < -0.4 is 0 Å². The van der Waals surface area contributed by atoms with Crippen molar-refractivity contribution in [2.75, 3.05) is 7.05 Å². The molecule has 1 amide bonds. The van der Waals surface area contributed by atoms with E-state index in [1.807, 2.05) is 31.2 Å². The van der Waals surface area contributed by atoms with Crippen molar-refractivity contribution in [1.29, 1.82) is 0 Å². The molecule has 0 aliphatic carbocycles. The van der Waals surface area contributed by atoms with Gasteiger partial charge in [0.15, 0.2) is 0 Å². The normalized spacial score (nSPS) is 11.6. The van der Waals surface area contributed by atoms with Gasteiger partial charge in [-0.1, -0.05) is 30.3 Å². The number of halogens is 3. The minimum atomic E-state index is -4.37. The van der Waals surface area contributed by atoms with Gasteiger partial charge >= 0.3 is 6.18 Å². The highest BCUT2D eigenvalue weighted by Gasteiger charge is 2.30. The van der Waals surface area contributed by atoms with Gasteiger partial charge in [0, 0.05) is 24.7 Å². The number of hydrogen-bond donors (Lipinski definition) is 0.